The molecule has 1 fully saturated rings. The topological polar surface area (TPSA) is 67.9 Å². The van der Waals surface area contributed by atoms with Crippen LogP contribution in [0.1, 0.15) is 45.6 Å². The largest absolute Gasteiger partial charge is 0.497 e. The first kappa shape index (κ1) is 19.1. The summed E-state index contributed by atoms with van der Waals surface area (Å²) in [6.07, 6.45) is 2.06. The Morgan fingerprint density at radius 1 is 1.20 bits per heavy atom. The number of hydrogen-bond donors (Lipinski definition) is 1. The van der Waals surface area contributed by atoms with Crippen molar-refractivity contribution in [1.82, 2.24) is 10.2 Å². The van der Waals surface area contributed by atoms with Crippen molar-refractivity contribution in [1.29, 1.82) is 0 Å². The molecule has 0 unspecified atom stereocenters. The Hall–Kier alpha value is -2.24. The number of amides is 2. The number of benzene rings is 1. The molecule has 1 atom stereocenters. The summed E-state index contributed by atoms with van der Waals surface area (Å²) in [5.74, 6) is 0.639. The fraction of sp³-hybridized carbons (Fsp3) is 0.579. The molecule has 1 heterocycles. The maximum absolute atomic E-state index is 12.6. The van der Waals surface area contributed by atoms with Crippen molar-refractivity contribution in [3.63, 3.8) is 0 Å². The molecule has 2 amide bonds. The maximum Gasteiger partial charge on any atom is 0.410 e. The second-order valence-electron chi connectivity index (χ2n) is 7.25. The number of carbonyl (C=O) groups excluding carboxylic acids is 2. The summed E-state index contributed by atoms with van der Waals surface area (Å²) in [4.78, 5) is 26.5. The minimum Gasteiger partial charge on any atom is -0.497 e. The Morgan fingerprint density at radius 2 is 1.88 bits per heavy atom. The van der Waals surface area contributed by atoms with E-state index in [1.807, 2.05) is 45.0 Å². The van der Waals surface area contributed by atoms with E-state index in [1.54, 1.807) is 12.0 Å². The van der Waals surface area contributed by atoms with E-state index in [9.17, 15) is 9.59 Å². The number of nitrogens with one attached hydrogen (secondary N) is 1. The third-order valence-corrected chi connectivity index (χ3v) is 4.06. The molecule has 0 bridgehead atoms. The summed E-state index contributed by atoms with van der Waals surface area (Å²) in [6, 6.07) is 7.06. The molecule has 1 aliphatic rings. The molecule has 0 aromatic heterocycles. The molecule has 138 valence electrons. The van der Waals surface area contributed by atoms with Crippen LogP contribution in [0.3, 0.4) is 0 Å². The standard InChI is InChI=1S/C19H28N2O4/c1-19(2,3)25-18(23)21-12-6-5-7-16(21)17(22)20-13-14-8-10-15(24-4)11-9-14/h8-11,16H,5-7,12-13H2,1-4H3,(H,20,22)/t16-/m0/s1. The van der Waals surface area contributed by atoms with E-state index in [0.29, 0.717) is 19.5 Å². The van der Waals surface area contributed by atoms with Gasteiger partial charge in [-0.1, -0.05) is 12.1 Å². The van der Waals surface area contributed by atoms with Gasteiger partial charge < -0.3 is 14.8 Å². The zero-order chi connectivity index (χ0) is 18.4. The lowest BCUT2D eigenvalue weighted by atomic mass is 10.0. The molecule has 0 spiro atoms. The zero-order valence-corrected chi connectivity index (χ0v) is 15.5. The van der Waals surface area contributed by atoms with Gasteiger partial charge in [-0.15, -0.1) is 0 Å². The average Bonchev–Trinajstić information content (AvgIpc) is 2.58. The molecule has 2 rings (SSSR count). The van der Waals surface area contributed by atoms with Crippen molar-refractivity contribution in [3.8, 4) is 5.75 Å². The van der Waals surface area contributed by atoms with Gasteiger partial charge in [-0.2, -0.15) is 0 Å². The molecule has 0 aliphatic carbocycles. The quantitative estimate of drug-likeness (QED) is 0.908. The van der Waals surface area contributed by atoms with Gasteiger partial charge in [0, 0.05) is 13.1 Å². The molecular formula is C19H28N2O4. The summed E-state index contributed by atoms with van der Waals surface area (Å²) in [6.45, 7) is 6.45. The summed E-state index contributed by atoms with van der Waals surface area (Å²) in [5, 5.41) is 2.92. The normalized spacial score (nSPS) is 17.8. The fourth-order valence-electron chi connectivity index (χ4n) is 2.79. The lowest BCUT2D eigenvalue weighted by Crippen LogP contribution is -2.52. The minimum atomic E-state index is -0.571. The Balaban J connectivity index is 1.96. The highest BCUT2D eigenvalue weighted by Crippen LogP contribution is 2.21. The zero-order valence-electron chi connectivity index (χ0n) is 15.5. The van der Waals surface area contributed by atoms with E-state index in [2.05, 4.69) is 5.32 Å². The van der Waals surface area contributed by atoms with Crippen LogP contribution in [-0.4, -0.2) is 42.2 Å². The third-order valence-electron chi connectivity index (χ3n) is 4.06. The number of piperidine rings is 1. The van der Waals surface area contributed by atoms with E-state index in [0.717, 1.165) is 24.2 Å². The van der Waals surface area contributed by atoms with E-state index >= 15 is 0 Å². The SMILES string of the molecule is COc1ccc(CNC(=O)[C@@H]2CCCCN2C(=O)OC(C)(C)C)cc1. The molecule has 6 heteroatoms. The van der Waals surface area contributed by atoms with Crippen LogP contribution in [0.15, 0.2) is 24.3 Å². The van der Waals surface area contributed by atoms with E-state index in [4.69, 9.17) is 9.47 Å². The molecule has 0 saturated carbocycles. The molecule has 0 radical (unpaired) electrons. The van der Waals surface area contributed by atoms with Crippen molar-refractivity contribution in [3.05, 3.63) is 29.8 Å². The molecule has 1 aliphatic heterocycles. The Labute approximate surface area is 149 Å². The second kappa shape index (κ2) is 8.23. The van der Waals surface area contributed by atoms with Crippen LogP contribution in [0.2, 0.25) is 0 Å². The van der Waals surface area contributed by atoms with Gasteiger partial charge in [0.05, 0.1) is 7.11 Å². The predicted molar refractivity (Wildman–Crippen MR) is 95.4 cm³/mol. The first-order valence-corrected chi connectivity index (χ1v) is 8.70. The number of nitrogens with zero attached hydrogens (tertiary/aromatic N) is 1. The number of likely N-dealkylation sites (tertiary alicyclic amines) is 1. The van der Waals surface area contributed by atoms with E-state index in [1.165, 1.54) is 0 Å². The van der Waals surface area contributed by atoms with Gasteiger partial charge in [-0.3, -0.25) is 9.69 Å². The fourth-order valence-corrected chi connectivity index (χ4v) is 2.79. The number of hydrogen-bond acceptors (Lipinski definition) is 4. The Kier molecular flexibility index (Phi) is 6.28. The molecule has 6 nitrogen and oxygen atoms in total. The summed E-state index contributed by atoms with van der Waals surface area (Å²) in [7, 11) is 1.62. The van der Waals surface area contributed by atoms with Crippen LogP contribution in [0, 0.1) is 0 Å². The van der Waals surface area contributed by atoms with Crippen LogP contribution in [0.4, 0.5) is 4.79 Å². The first-order valence-electron chi connectivity index (χ1n) is 8.70. The van der Waals surface area contributed by atoms with Gasteiger partial charge in [-0.05, 0) is 57.7 Å². The van der Waals surface area contributed by atoms with Crippen LogP contribution >= 0.6 is 0 Å². The van der Waals surface area contributed by atoms with Crippen molar-refractivity contribution < 1.29 is 19.1 Å². The van der Waals surface area contributed by atoms with E-state index in [-0.39, 0.29) is 5.91 Å². The van der Waals surface area contributed by atoms with Crippen molar-refractivity contribution in [2.24, 2.45) is 0 Å². The van der Waals surface area contributed by atoms with Gasteiger partial charge in [0.15, 0.2) is 0 Å². The highest BCUT2D eigenvalue weighted by molar-refractivity contribution is 5.85. The highest BCUT2D eigenvalue weighted by atomic mass is 16.6. The smallest absolute Gasteiger partial charge is 0.410 e. The summed E-state index contributed by atoms with van der Waals surface area (Å²) >= 11 is 0. The van der Waals surface area contributed by atoms with Gasteiger partial charge in [0.2, 0.25) is 5.91 Å². The molecule has 1 aromatic rings. The van der Waals surface area contributed by atoms with Gasteiger partial charge >= 0.3 is 6.09 Å². The number of ether oxygens (including phenoxy) is 2. The van der Waals surface area contributed by atoms with Crippen molar-refractivity contribution >= 4 is 12.0 Å². The van der Waals surface area contributed by atoms with Crippen molar-refractivity contribution in [2.45, 2.75) is 58.2 Å². The monoisotopic (exact) mass is 348 g/mol. The van der Waals surface area contributed by atoms with Gasteiger partial charge in [-0.25, -0.2) is 4.79 Å². The number of rotatable bonds is 4. The van der Waals surface area contributed by atoms with Crippen LogP contribution in [0.5, 0.6) is 5.75 Å². The van der Waals surface area contributed by atoms with E-state index < -0.39 is 17.7 Å². The van der Waals surface area contributed by atoms with Crippen LogP contribution in [0.25, 0.3) is 0 Å². The molecule has 1 N–H and O–H groups in total. The average molecular weight is 348 g/mol. The Bertz CT molecular complexity index is 592. The summed E-state index contributed by atoms with van der Waals surface area (Å²) < 4.78 is 10.6. The van der Waals surface area contributed by atoms with Gasteiger partial charge in [0.1, 0.15) is 17.4 Å². The number of methoxy groups -OCH3 is 1. The third kappa shape index (κ3) is 5.66. The first-order chi connectivity index (χ1) is 11.8. The number of carbonyl (C=O) groups is 2. The molecule has 1 saturated heterocycles. The Morgan fingerprint density at radius 3 is 2.48 bits per heavy atom. The maximum atomic E-state index is 12.6. The molecular weight excluding hydrogens is 320 g/mol. The van der Waals surface area contributed by atoms with Crippen molar-refractivity contribution in [2.75, 3.05) is 13.7 Å². The highest BCUT2D eigenvalue weighted by Gasteiger charge is 2.34. The van der Waals surface area contributed by atoms with Crippen LogP contribution in [-0.2, 0) is 16.1 Å². The predicted octanol–water partition coefficient (Wildman–Crippen LogP) is 3.10. The van der Waals surface area contributed by atoms with Gasteiger partial charge in [0.25, 0.3) is 0 Å². The second-order valence-corrected chi connectivity index (χ2v) is 7.25. The lowest BCUT2D eigenvalue weighted by Gasteiger charge is -2.35. The lowest BCUT2D eigenvalue weighted by molar-refractivity contribution is -0.127. The minimum absolute atomic E-state index is 0.138. The van der Waals surface area contributed by atoms with Crippen LogP contribution < -0.4 is 10.1 Å². The molecule has 25 heavy (non-hydrogen) atoms. The molecule has 1 aromatic carbocycles. The summed E-state index contributed by atoms with van der Waals surface area (Å²) in [5.41, 5.74) is 0.410.